The van der Waals surface area contributed by atoms with Crippen LogP contribution >= 0.6 is 69.0 Å². The molecule has 3 N–H and O–H groups in total. The SMILES string of the molecule is CC(F)(F)COC(=O)NNC(=O)c1cc(NC(=O)C2C(c3cc(Cl)cc(I)c3)C2(Cl)Cl)ccc1Cl. The zero-order chi connectivity index (χ0) is 26.1. The van der Waals surface area contributed by atoms with E-state index in [0.717, 1.165) is 3.57 Å². The molecule has 0 heterocycles. The Kier molecular flexibility index (Phi) is 8.63. The predicted octanol–water partition coefficient (Wildman–Crippen LogP) is 6.15. The van der Waals surface area contributed by atoms with Gasteiger partial charge in [-0.1, -0.05) is 23.2 Å². The van der Waals surface area contributed by atoms with Crippen LogP contribution in [0.2, 0.25) is 10.0 Å². The Balaban J connectivity index is 1.66. The van der Waals surface area contributed by atoms with Gasteiger partial charge in [0.2, 0.25) is 5.91 Å². The molecule has 188 valence electrons. The molecule has 3 rings (SSSR count). The van der Waals surface area contributed by atoms with Crippen molar-refractivity contribution in [3.63, 3.8) is 0 Å². The molecule has 0 aliphatic heterocycles. The van der Waals surface area contributed by atoms with Crippen LogP contribution < -0.4 is 16.2 Å². The Morgan fingerprint density at radius 3 is 2.43 bits per heavy atom. The van der Waals surface area contributed by atoms with Crippen molar-refractivity contribution < 1.29 is 27.9 Å². The van der Waals surface area contributed by atoms with Crippen LogP contribution in [0, 0.1) is 9.49 Å². The Labute approximate surface area is 232 Å². The molecule has 1 fully saturated rings. The molecule has 1 aliphatic rings. The van der Waals surface area contributed by atoms with Gasteiger partial charge >= 0.3 is 6.09 Å². The molecule has 0 bridgehead atoms. The maximum absolute atomic E-state index is 12.9. The van der Waals surface area contributed by atoms with Crippen LogP contribution in [0.1, 0.15) is 28.8 Å². The van der Waals surface area contributed by atoms with Gasteiger partial charge in [0.15, 0.2) is 6.61 Å². The zero-order valence-electron chi connectivity index (χ0n) is 17.6. The number of hydrogen-bond donors (Lipinski definition) is 3. The lowest BCUT2D eigenvalue weighted by Gasteiger charge is -2.13. The molecule has 0 aromatic heterocycles. The average molecular weight is 681 g/mol. The van der Waals surface area contributed by atoms with E-state index in [-0.39, 0.29) is 16.3 Å². The molecular weight excluding hydrogens is 665 g/mol. The molecule has 7 nitrogen and oxygen atoms in total. The van der Waals surface area contributed by atoms with E-state index in [0.29, 0.717) is 17.5 Å². The van der Waals surface area contributed by atoms with Crippen molar-refractivity contribution in [2.75, 3.05) is 11.9 Å². The fraction of sp³-hybridized carbons (Fsp3) is 0.286. The highest BCUT2D eigenvalue weighted by Crippen LogP contribution is 2.65. The molecular formula is C21H16Cl4F2IN3O4. The van der Waals surface area contributed by atoms with Gasteiger partial charge in [0.05, 0.1) is 16.5 Å². The van der Waals surface area contributed by atoms with E-state index in [4.69, 9.17) is 46.4 Å². The number of amides is 3. The van der Waals surface area contributed by atoms with Gasteiger partial charge in [0, 0.05) is 27.1 Å². The first-order valence-corrected chi connectivity index (χ1v) is 12.3. The molecule has 1 aliphatic carbocycles. The van der Waals surface area contributed by atoms with Crippen molar-refractivity contribution in [3.8, 4) is 0 Å². The van der Waals surface area contributed by atoms with Gasteiger partial charge in [-0.15, -0.1) is 23.2 Å². The Hall–Kier alpha value is -1.60. The first kappa shape index (κ1) is 28.0. The molecule has 0 spiro atoms. The van der Waals surface area contributed by atoms with Crippen LogP contribution in [0.5, 0.6) is 0 Å². The number of nitrogens with one attached hydrogen (secondary N) is 3. The molecule has 3 amide bonds. The fourth-order valence-corrected chi connectivity index (χ4v) is 5.38. The molecule has 35 heavy (non-hydrogen) atoms. The number of hydrogen-bond acceptors (Lipinski definition) is 4. The molecule has 14 heteroatoms. The van der Waals surface area contributed by atoms with Crippen LogP contribution in [0.15, 0.2) is 36.4 Å². The van der Waals surface area contributed by atoms with Gasteiger partial charge in [-0.3, -0.25) is 15.0 Å². The summed E-state index contributed by atoms with van der Waals surface area (Å²) in [6.45, 7) is -0.605. The second-order valence-electron chi connectivity index (χ2n) is 7.74. The molecule has 2 unspecified atom stereocenters. The number of alkyl halides is 4. The molecule has 2 aromatic rings. The summed E-state index contributed by atoms with van der Waals surface area (Å²) in [6, 6.07) is 9.32. The largest absolute Gasteiger partial charge is 0.442 e. The number of benzene rings is 2. The lowest BCUT2D eigenvalue weighted by Crippen LogP contribution is -2.43. The summed E-state index contributed by atoms with van der Waals surface area (Å²) in [5.41, 5.74) is 4.60. The number of carbonyl (C=O) groups excluding carboxylic acids is 3. The highest BCUT2D eigenvalue weighted by atomic mass is 127. The first-order valence-electron chi connectivity index (χ1n) is 9.74. The van der Waals surface area contributed by atoms with Crippen molar-refractivity contribution in [2.45, 2.75) is 23.1 Å². The number of rotatable bonds is 6. The van der Waals surface area contributed by atoms with Gasteiger partial charge in [-0.25, -0.2) is 19.0 Å². The summed E-state index contributed by atoms with van der Waals surface area (Å²) in [5, 5.41) is 3.12. The highest BCUT2D eigenvalue weighted by molar-refractivity contribution is 14.1. The standard InChI is InChI=1S/C21H16Cl4F2IN3O4/c1-20(26,27)8-35-19(34)31-30-17(32)13-7-12(2-3-14(13)23)29-18(33)16-15(21(16,24)25)9-4-10(22)6-11(28)5-9/h2-7,15-16H,8H2,1H3,(H,29,33)(H,30,32)(H,31,34). The van der Waals surface area contributed by atoms with Crippen LogP contribution in [-0.2, 0) is 9.53 Å². The Morgan fingerprint density at radius 1 is 1.11 bits per heavy atom. The third-order valence-corrected chi connectivity index (χ3v) is 6.90. The average Bonchev–Trinajstić information content (AvgIpc) is 3.32. The Bertz CT molecular complexity index is 1160. The third-order valence-electron chi connectivity index (χ3n) is 4.79. The summed E-state index contributed by atoms with van der Waals surface area (Å²) in [5.74, 6) is -5.90. The lowest BCUT2D eigenvalue weighted by atomic mass is 10.1. The Morgan fingerprint density at radius 2 is 1.80 bits per heavy atom. The van der Waals surface area contributed by atoms with Crippen molar-refractivity contribution in [1.29, 1.82) is 0 Å². The molecule has 2 aromatic carbocycles. The topological polar surface area (TPSA) is 96.5 Å². The van der Waals surface area contributed by atoms with E-state index < -0.39 is 46.6 Å². The van der Waals surface area contributed by atoms with Crippen LogP contribution in [0.25, 0.3) is 0 Å². The monoisotopic (exact) mass is 679 g/mol. The van der Waals surface area contributed by atoms with E-state index in [2.05, 4.69) is 32.6 Å². The minimum Gasteiger partial charge on any atom is -0.442 e. The minimum absolute atomic E-state index is 0.00223. The summed E-state index contributed by atoms with van der Waals surface area (Å²) < 4.78 is 29.3. The smallest absolute Gasteiger partial charge is 0.426 e. The summed E-state index contributed by atoms with van der Waals surface area (Å²) in [4.78, 5) is 36.7. The van der Waals surface area contributed by atoms with Crippen molar-refractivity contribution >= 4 is 92.6 Å². The van der Waals surface area contributed by atoms with Crippen molar-refractivity contribution in [2.24, 2.45) is 5.92 Å². The number of anilines is 1. The second kappa shape index (κ2) is 10.8. The highest BCUT2D eigenvalue weighted by Gasteiger charge is 2.67. The fourth-order valence-electron chi connectivity index (χ4n) is 3.22. The van der Waals surface area contributed by atoms with Crippen molar-refractivity contribution in [3.05, 3.63) is 61.1 Å². The van der Waals surface area contributed by atoms with Gasteiger partial charge in [-0.2, -0.15) is 0 Å². The number of ether oxygens (including phenoxy) is 1. The third kappa shape index (κ3) is 7.22. The van der Waals surface area contributed by atoms with Gasteiger partial charge < -0.3 is 10.1 Å². The minimum atomic E-state index is -3.23. The molecule has 0 radical (unpaired) electrons. The predicted molar refractivity (Wildman–Crippen MR) is 137 cm³/mol. The van der Waals surface area contributed by atoms with E-state index in [1.807, 2.05) is 16.9 Å². The van der Waals surface area contributed by atoms with Crippen LogP contribution in [-0.4, -0.2) is 34.8 Å². The summed E-state index contributed by atoms with van der Waals surface area (Å²) >= 11 is 27.0. The van der Waals surface area contributed by atoms with E-state index in [1.165, 1.54) is 18.2 Å². The first-order chi connectivity index (χ1) is 16.2. The maximum atomic E-state index is 12.9. The maximum Gasteiger partial charge on any atom is 0.426 e. The lowest BCUT2D eigenvalue weighted by molar-refractivity contribution is -0.117. The summed E-state index contributed by atoms with van der Waals surface area (Å²) in [7, 11) is 0. The van der Waals surface area contributed by atoms with Crippen molar-refractivity contribution in [1.82, 2.24) is 10.9 Å². The number of halogens is 7. The zero-order valence-corrected chi connectivity index (χ0v) is 22.8. The normalized spacial score (nSPS) is 18.4. The number of hydrazine groups is 1. The summed E-state index contributed by atoms with van der Waals surface area (Å²) in [6.07, 6.45) is -1.29. The number of carbonyl (C=O) groups is 3. The molecule has 1 saturated carbocycles. The van der Waals surface area contributed by atoms with Gasteiger partial charge in [0.25, 0.3) is 11.8 Å². The van der Waals surface area contributed by atoms with Crippen LogP contribution in [0.3, 0.4) is 0 Å². The quantitative estimate of drug-likeness (QED) is 0.194. The second-order valence-corrected chi connectivity index (χ2v) is 11.3. The molecule has 2 atom stereocenters. The van der Waals surface area contributed by atoms with Crippen LogP contribution in [0.4, 0.5) is 19.3 Å². The van der Waals surface area contributed by atoms with E-state index >= 15 is 0 Å². The van der Waals surface area contributed by atoms with E-state index in [1.54, 1.807) is 12.1 Å². The van der Waals surface area contributed by atoms with Gasteiger partial charge in [-0.05, 0) is 64.6 Å². The van der Waals surface area contributed by atoms with E-state index in [9.17, 15) is 23.2 Å². The molecule has 0 saturated heterocycles. The van der Waals surface area contributed by atoms with Gasteiger partial charge in [0.1, 0.15) is 4.33 Å².